The molecule has 2 amide bonds. The van der Waals surface area contributed by atoms with Crippen LogP contribution in [0.4, 0.5) is 0 Å². The van der Waals surface area contributed by atoms with Crippen molar-refractivity contribution in [2.24, 2.45) is 0 Å². The zero-order valence-corrected chi connectivity index (χ0v) is 11.5. The van der Waals surface area contributed by atoms with E-state index in [9.17, 15) is 14.4 Å². The predicted molar refractivity (Wildman–Crippen MR) is 69.6 cm³/mol. The van der Waals surface area contributed by atoms with Crippen molar-refractivity contribution in [3.05, 3.63) is 20.7 Å². The Balaban J connectivity index is 2.51. The second-order valence-electron chi connectivity index (χ2n) is 3.97. The van der Waals surface area contributed by atoms with Crippen LogP contribution in [0, 0.1) is 6.92 Å². The molecule has 0 radical (unpaired) electrons. The van der Waals surface area contributed by atoms with Crippen LogP contribution in [0.15, 0.2) is 10.2 Å². The summed E-state index contributed by atoms with van der Waals surface area (Å²) < 4.78 is 1.57. The van der Waals surface area contributed by atoms with Gasteiger partial charge in [0.15, 0.2) is 0 Å². The quantitative estimate of drug-likeness (QED) is 0.807. The summed E-state index contributed by atoms with van der Waals surface area (Å²) in [6.07, 6.45) is 0.213. The molecule has 7 heteroatoms. The van der Waals surface area contributed by atoms with Crippen LogP contribution in [0.3, 0.4) is 0 Å². The molecule has 1 aromatic rings. The summed E-state index contributed by atoms with van der Waals surface area (Å²) in [5.74, 6) is -0.370. The number of rotatable bonds is 5. The minimum Gasteiger partial charge on any atom is -0.358 e. The van der Waals surface area contributed by atoms with Crippen molar-refractivity contribution in [2.75, 3.05) is 20.6 Å². The standard InChI is InChI=1S/C11H17N3O3S/c1-8-7-18-11(17)14(8)5-4-10(16)13(3)6-9(15)12-2/h7H,4-6H2,1-3H3,(H,12,15). The molecule has 0 spiro atoms. The lowest BCUT2D eigenvalue weighted by atomic mass is 10.3. The number of aromatic nitrogens is 1. The maximum atomic E-state index is 11.7. The molecule has 0 aliphatic heterocycles. The van der Waals surface area contributed by atoms with Crippen molar-refractivity contribution in [3.63, 3.8) is 0 Å². The summed E-state index contributed by atoms with van der Waals surface area (Å²) in [6, 6.07) is 0. The lowest BCUT2D eigenvalue weighted by Gasteiger charge is -2.16. The molecule has 0 aliphatic carbocycles. The molecule has 6 nitrogen and oxygen atoms in total. The van der Waals surface area contributed by atoms with Gasteiger partial charge in [0, 0.05) is 38.1 Å². The van der Waals surface area contributed by atoms with Gasteiger partial charge in [0.25, 0.3) is 0 Å². The highest BCUT2D eigenvalue weighted by Crippen LogP contribution is 2.02. The Bertz CT molecular complexity index is 492. The molecular weight excluding hydrogens is 254 g/mol. The Kier molecular flexibility index (Phi) is 5.08. The SMILES string of the molecule is CNC(=O)CN(C)C(=O)CCn1c(C)csc1=O. The fraction of sp³-hybridized carbons (Fsp3) is 0.545. The summed E-state index contributed by atoms with van der Waals surface area (Å²) in [4.78, 5) is 35.6. The molecule has 0 fully saturated rings. The summed E-state index contributed by atoms with van der Waals surface area (Å²) in [5.41, 5.74) is 0.853. The Morgan fingerprint density at radius 1 is 1.50 bits per heavy atom. The smallest absolute Gasteiger partial charge is 0.307 e. The van der Waals surface area contributed by atoms with Gasteiger partial charge >= 0.3 is 4.87 Å². The number of likely N-dealkylation sites (N-methyl/N-ethyl adjacent to an activating group) is 2. The molecule has 18 heavy (non-hydrogen) atoms. The summed E-state index contributed by atoms with van der Waals surface area (Å²) in [5, 5.41) is 4.22. The van der Waals surface area contributed by atoms with Crippen LogP contribution in [0.5, 0.6) is 0 Å². The molecular formula is C11H17N3O3S. The molecule has 0 saturated heterocycles. The minimum atomic E-state index is -0.213. The fourth-order valence-electron chi connectivity index (χ4n) is 1.46. The molecule has 1 aromatic heterocycles. The average molecular weight is 271 g/mol. The van der Waals surface area contributed by atoms with Gasteiger partial charge in [-0.05, 0) is 6.92 Å². The number of hydrogen-bond acceptors (Lipinski definition) is 4. The van der Waals surface area contributed by atoms with E-state index in [1.807, 2.05) is 6.92 Å². The number of nitrogens with one attached hydrogen (secondary N) is 1. The van der Waals surface area contributed by atoms with E-state index < -0.39 is 0 Å². The van der Waals surface area contributed by atoms with Crippen LogP contribution in [-0.4, -0.2) is 41.9 Å². The number of amides is 2. The first kappa shape index (κ1) is 14.4. The van der Waals surface area contributed by atoms with Gasteiger partial charge in [0.1, 0.15) is 0 Å². The van der Waals surface area contributed by atoms with Crippen molar-refractivity contribution in [1.82, 2.24) is 14.8 Å². The van der Waals surface area contributed by atoms with Crippen LogP contribution in [0.1, 0.15) is 12.1 Å². The molecule has 0 unspecified atom stereocenters. The maximum absolute atomic E-state index is 11.7. The van der Waals surface area contributed by atoms with Crippen LogP contribution >= 0.6 is 11.3 Å². The topological polar surface area (TPSA) is 71.4 Å². The Labute approximate surface area is 109 Å². The highest BCUT2D eigenvalue weighted by molar-refractivity contribution is 7.07. The lowest BCUT2D eigenvalue weighted by molar-refractivity contribution is -0.134. The molecule has 1 N–H and O–H groups in total. The third-order valence-corrected chi connectivity index (χ3v) is 3.49. The Morgan fingerprint density at radius 2 is 2.17 bits per heavy atom. The van der Waals surface area contributed by atoms with Gasteiger partial charge in [0.05, 0.1) is 6.54 Å². The van der Waals surface area contributed by atoms with E-state index in [4.69, 9.17) is 0 Å². The molecule has 0 bridgehead atoms. The first-order valence-electron chi connectivity index (χ1n) is 5.55. The van der Waals surface area contributed by atoms with Crippen molar-refractivity contribution in [3.8, 4) is 0 Å². The number of thiazole rings is 1. The van der Waals surface area contributed by atoms with E-state index in [0.29, 0.717) is 6.54 Å². The van der Waals surface area contributed by atoms with Crippen molar-refractivity contribution >= 4 is 23.2 Å². The van der Waals surface area contributed by atoms with Crippen LogP contribution in [-0.2, 0) is 16.1 Å². The Morgan fingerprint density at radius 3 is 2.67 bits per heavy atom. The molecule has 1 rings (SSSR count). The van der Waals surface area contributed by atoms with E-state index >= 15 is 0 Å². The fourth-order valence-corrected chi connectivity index (χ4v) is 2.22. The van der Waals surface area contributed by atoms with Crippen molar-refractivity contribution < 1.29 is 9.59 Å². The highest BCUT2D eigenvalue weighted by atomic mass is 32.1. The normalized spacial score (nSPS) is 10.2. The molecule has 1 heterocycles. The molecule has 0 atom stereocenters. The monoisotopic (exact) mass is 271 g/mol. The number of carbonyl (C=O) groups is 2. The number of nitrogens with zero attached hydrogens (tertiary/aromatic N) is 2. The molecule has 0 saturated carbocycles. The first-order chi connectivity index (χ1) is 8.45. The average Bonchev–Trinajstić information content (AvgIpc) is 2.65. The van der Waals surface area contributed by atoms with Crippen LogP contribution in [0.2, 0.25) is 0 Å². The Hall–Kier alpha value is -1.63. The van der Waals surface area contributed by atoms with E-state index in [-0.39, 0.29) is 29.7 Å². The third-order valence-electron chi connectivity index (χ3n) is 2.61. The number of carbonyl (C=O) groups excluding carboxylic acids is 2. The summed E-state index contributed by atoms with van der Waals surface area (Å²) >= 11 is 1.12. The van der Waals surface area contributed by atoms with E-state index in [2.05, 4.69) is 5.32 Å². The summed E-state index contributed by atoms with van der Waals surface area (Å²) in [7, 11) is 3.09. The summed E-state index contributed by atoms with van der Waals surface area (Å²) in [6.45, 7) is 2.22. The molecule has 0 aromatic carbocycles. The van der Waals surface area contributed by atoms with Gasteiger partial charge in [-0.1, -0.05) is 11.3 Å². The lowest BCUT2D eigenvalue weighted by Crippen LogP contribution is -2.37. The van der Waals surface area contributed by atoms with Gasteiger partial charge in [-0.3, -0.25) is 14.4 Å². The largest absolute Gasteiger partial charge is 0.358 e. The zero-order valence-electron chi connectivity index (χ0n) is 10.7. The zero-order chi connectivity index (χ0) is 13.7. The van der Waals surface area contributed by atoms with Gasteiger partial charge < -0.3 is 14.8 Å². The first-order valence-corrected chi connectivity index (χ1v) is 6.43. The van der Waals surface area contributed by atoms with E-state index in [1.54, 1.807) is 17.0 Å². The number of aryl methyl sites for hydroxylation is 1. The maximum Gasteiger partial charge on any atom is 0.307 e. The second kappa shape index (κ2) is 6.34. The predicted octanol–water partition coefficient (Wildman–Crippen LogP) is -0.187. The van der Waals surface area contributed by atoms with E-state index in [1.165, 1.54) is 11.9 Å². The van der Waals surface area contributed by atoms with Crippen molar-refractivity contribution in [1.29, 1.82) is 0 Å². The van der Waals surface area contributed by atoms with Crippen LogP contribution < -0.4 is 10.2 Å². The van der Waals surface area contributed by atoms with Gasteiger partial charge in [-0.15, -0.1) is 0 Å². The van der Waals surface area contributed by atoms with Gasteiger partial charge in [-0.25, -0.2) is 0 Å². The minimum absolute atomic E-state index is 0.0346. The highest BCUT2D eigenvalue weighted by Gasteiger charge is 2.13. The molecule has 0 aliphatic rings. The van der Waals surface area contributed by atoms with Crippen molar-refractivity contribution in [2.45, 2.75) is 19.9 Å². The van der Waals surface area contributed by atoms with Crippen LogP contribution in [0.25, 0.3) is 0 Å². The van der Waals surface area contributed by atoms with E-state index in [0.717, 1.165) is 17.0 Å². The second-order valence-corrected chi connectivity index (χ2v) is 4.79. The third kappa shape index (κ3) is 3.69. The molecule has 100 valence electrons. The van der Waals surface area contributed by atoms with Gasteiger partial charge in [0.2, 0.25) is 11.8 Å². The van der Waals surface area contributed by atoms with Gasteiger partial charge in [-0.2, -0.15) is 0 Å². The number of hydrogen-bond donors (Lipinski definition) is 1.